The van der Waals surface area contributed by atoms with E-state index in [0.717, 1.165) is 6.42 Å². The molecular formula is C19H35P. The van der Waals surface area contributed by atoms with Gasteiger partial charge in [-0.15, -0.1) is 0 Å². The lowest BCUT2D eigenvalue weighted by Gasteiger charge is -2.03. The average molecular weight is 294 g/mol. The van der Waals surface area contributed by atoms with E-state index in [1.165, 1.54) is 96.3 Å². The molecule has 20 heavy (non-hydrogen) atoms. The second-order valence-electron chi connectivity index (χ2n) is 5.99. The second kappa shape index (κ2) is 19.0. The number of hydrogen-bond acceptors (Lipinski definition) is 0. The molecule has 0 aromatic rings. The first-order chi connectivity index (χ1) is 9.91. The van der Waals surface area contributed by atoms with Crippen LogP contribution in [0.3, 0.4) is 0 Å². The van der Waals surface area contributed by atoms with E-state index in [-0.39, 0.29) is 0 Å². The second-order valence-corrected chi connectivity index (χ2v) is 6.21. The van der Waals surface area contributed by atoms with E-state index in [0.29, 0.717) is 0 Å². The van der Waals surface area contributed by atoms with Gasteiger partial charge in [0.2, 0.25) is 0 Å². The molecule has 0 saturated carbocycles. The van der Waals surface area contributed by atoms with Crippen LogP contribution in [0.5, 0.6) is 0 Å². The maximum Gasteiger partial charge on any atom is 0.0586 e. The summed E-state index contributed by atoms with van der Waals surface area (Å²) >= 11 is 0. The molecule has 0 atom stereocenters. The Morgan fingerprint density at radius 2 is 0.900 bits per heavy atom. The van der Waals surface area contributed by atoms with Gasteiger partial charge in [0.05, 0.1) is 9.24 Å². The Kier molecular flexibility index (Phi) is 19.0. The Morgan fingerprint density at radius 3 is 1.25 bits per heavy atom. The fourth-order valence-electron chi connectivity index (χ4n) is 2.64. The Bertz CT molecular complexity index is 224. The van der Waals surface area contributed by atoms with E-state index in [9.17, 15) is 0 Å². The quantitative estimate of drug-likeness (QED) is 0.165. The molecule has 0 aromatic carbocycles. The predicted octanol–water partition coefficient (Wildman–Crippen LogP) is 7.62. The summed E-state index contributed by atoms with van der Waals surface area (Å²) in [6.45, 7) is 2.29. The van der Waals surface area contributed by atoms with Gasteiger partial charge in [0.1, 0.15) is 0 Å². The first kappa shape index (κ1) is 20.0. The zero-order valence-electron chi connectivity index (χ0n) is 13.8. The highest BCUT2D eigenvalue weighted by Gasteiger charge is 1.93. The molecule has 0 bridgehead atoms. The highest BCUT2D eigenvalue weighted by Crippen LogP contribution is 2.13. The molecule has 0 heterocycles. The molecular weight excluding hydrogens is 259 g/mol. The molecule has 0 unspecified atom stereocenters. The maximum absolute atomic E-state index is 3.89. The lowest BCUT2D eigenvalue weighted by Crippen LogP contribution is -1.83. The smallest absolute Gasteiger partial charge is 0.0586 e. The molecule has 0 fully saturated rings. The third-order valence-corrected chi connectivity index (χ3v) is 4.14. The van der Waals surface area contributed by atoms with Gasteiger partial charge in [-0.3, -0.25) is 0 Å². The predicted molar refractivity (Wildman–Crippen MR) is 94.2 cm³/mol. The van der Waals surface area contributed by atoms with Gasteiger partial charge in [0.15, 0.2) is 0 Å². The lowest BCUT2D eigenvalue weighted by atomic mass is 10.0. The summed E-state index contributed by atoms with van der Waals surface area (Å²) in [5.41, 5.74) is 2.66. The summed E-state index contributed by atoms with van der Waals surface area (Å²) in [7, 11) is 3.89. The van der Waals surface area contributed by atoms with E-state index in [2.05, 4.69) is 27.7 Å². The molecule has 0 nitrogen and oxygen atoms in total. The van der Waals surface area contributed by atoms with Gasteiger partial charge in [-0.25, -0.2) is 0 Å². The minimum Gasteiger partial charge on any atom is -0.0979 e. The topological polar surface area (TPSA) is 0 Å². The SMILES string of the molecule is CCCCCCCCCCCCCCCCCC#C[P]. The molecule has 0 amide bonds. The van der Waals surface area contributed by atoms with E-state index < -0.39 is 0 Å². The Morgan fingerprint density at radius 1 is 0.550 bits per heavy atom. The van der Waals surface area contributed by atoms with E-state index in [1.54, 1.807) is 0 Å². The molecule has 116 valence electrons. The van der Waals surface area contributed by atoms with Gasteiger partial charge in [0, 0.05) is 6.42 Å². The molecule has 0 saturated heterocycles. The van der Waals surface area contributed by atoms with Gasteiger partial charge in [-0.1, -0.05) is 108 Å². The Labute approximate surface area is 131 Å². The van der Waals surface area contributed by atoms with Gasteiger partial charge in [-0.2, -0.15) is 0 Å². The first-order valence-corrected chi connectivity index (χ1v) is 9.48. The van der Waals surface area contributed by atoms with Crippen LogP contribution in [0.15, 0.2) is 0 Å². The van der Waals surface area contributed by atoms with E-state index in [1.807, 2.05) is 0 Å². The minimum atomic E-state index is 1.03. The summed E-state index contributed by atoms with van der Waals surface area (Å²) in [5, 5.41) is 0. The van der Waals surface area contributed by atoms with E-state index >= 15 is 0 Å². The Hall–Kier alpha value is -0.0100. The molecule has 0 N–H and O–H groups in total. The van der Waals surface area contributed by atoms with Crippen LogP contribution >= 0.6 is 9.24 Å². The normalized spacial score (nSPS) is 10.3. The summed E-state index contributed by atoms with van der Waals surface area (Å²) in [6, 6.07) is 0. The van der Waals surface area contributed by atoms with Crippen molar-refractivity contribution in [2.75, 3.05) is 0 Å². The summed E-state index contributed by atoms with van der Waals surface area (Å²) in [6.07, 6.45) is 22.4. The van der Waals surface area contributed by atoms with Crippen molar-refractivity contribution in [2.45, 2.75) is 110 Å². The van der Waals surface area contributed by atoms with Crippen LogP contribution in [-0.2, 0) is 0 Å². The van der Waals surface area contributed by atoms with Gasteiger partial charge < -0.3 is 0 Å². The fraction of sp³-hybridized carbons (Fsp3) is 0.895. The molecule has 0 spiro atoms. The monoisotopic (exact) mass is 294 g/mol. The third-order valence-electron chi connectivity index (χ3n) is 3.98. The Balaban J connectivity index is 2.93. The van der Waals surface area contributed by atoms with Crippen molar-refractivity contribution in [3.05, 3.63) is 0 Å². The molecule has 0 aliphatic carbocycles. The third kappa shape index (κ3) is 18.0. The highest BCUT2D eigenvalue weighted by atomic mass is 31.0. The van der Waals surface area contributed by atoms with Crippen LogP contribution in [0.4, 0.5) is 0 Å². The molecule has 0 aliphatic heterocycles. The summed E-state index contributed by atoms with van der Waals surface area (Å²) in [4.78, 5) is 0. The van der Waals surface area contributed by atoms with Crippen LogP contribution < -0.4 is 0 Å². The molecule has 2 radical (unpaired) electrons. The lowest BCUT2D eigenvalue weighted by molar-refractivity contribution is 0.533. The van der Waals surface area contributed by atoms with Gasteiger partial charge in [-0.05, 0) is 6.42 Å². The largest absolute Gasteiger partial charge is 0.0979 e. The van der Waals surface area contributed by atoms with Crippen molar-refractivity contribution in [3.63, 3.8) is 0 Å². The van der Waals surface area contributed by atoms with Crippen molar-refractivity contribution in [1.82, 2.24) is 0 Å². The van der Waals surface area contributed by atoms with Gasteiger partial charge in [0.25, 0.3) is 0 Å². The number of unbranched alkanes of at least 4 members (excludes halogenated alkanes) is 15. The van der Waals surface area contributed by atoms with Crippen LogP contribution in [0, 0.1) is 11.6 Å². The zero-order chi connectivity index (χ0) is 14.7. The van der Waals surface area contributed by atoms with Crippen molar-refractivity contribution >= 4 is 9.24 Å². The highest BCUT2D eigenvalue weighted by molar-refractivity contribution is 7.23. The van der Waals surface area contributed by atoms with E-state index in [4.69, 9.17) is 0 Å². The van der Waals surface area contributed by atoms with Crippen molar-refractivity contribution in [2.24, 2.45) is 0 Å². The molecule has 0 aliphatic rings. The van der Waals surface area contributed by atoms with Crippen molar-refractivity contribution in [1.29, 1.82) is 0 Å². The van der Waals surface area contributed by atoms with Crippen LogP contribution in [0.2, 0.25) is 0 Å². The first-order valence-electron chi connectivity index (χ1n) is 9.03. The van der Waals surface area contributed by atoms with Crippen LogP contribution in [-0.4, -0.2) is 0 Å². The summed E-state index contributed by atoms with van der Waals surface area (Å²) < 4.78 is 0. The van der Waals surface area contributed by atoms with Crippen LogP contribution in [0.25, 0.3) is 0 Å². The maximum atomic E-state index is 3.89. The van der Waals surface area contributed by atoms with Crippen molar-refractivity contribution < 1.29 is 0 Å². The molecule has 1 heteroatoms. The number of hydrogen-bond donors (Lipinski definition) is 0. The van der Waals surface area contributed by atoms with Crippen LogP contribution in [0.1, 0.15) is 110 Å². The zero-order valence-corrected chi connectivity index (χ0v) is 14.7. The number of rotatable bonds is 15. The average Bonchev–Trinajstić information content (AvgIpc) is 2.47. The minimum absolute atomic E-state index is 1.03. The molecule has 0 rings (SSSR count). The fourth-order valence-corrected chi connectivity index (χ4v) is 2.75. The standard InChI is InChI=1S/C19H35P/c1-2-3-4-5-6-7-8-9-10-11-12-13-14-15-16-17-18-19-20/h2-17H2,1H3. The van der Waals surface area contributed by atoms with Gasteiger partial charge >= 0.3 is 0 Å². The molecule has 0 aromatic heterocycles. The summed E-state index contributed by atoms with van der Waals surface area (Å²) in [5.74, 6) is 3.01. The van der Waals surface area contributed by atoms with Crippen molar-refractivity contribution in [3.8, 4) is 11.6 Å².